The van der Waals surface area contributed by atoms with E-state index in [1.165, 1.54) is 11.3 Å². The van der Waals surface area contributed by atoms with Crippen LogP contribution in [0.2, 0.25) is 0 Å². The lowest BCUT2D eigenvalue weighted by molar-refractivity contribution is -0.118. The predicted molar refractivity (Wildman–Crippen MR) is 76.5 cm³/mol. The van der Waals surface area contributed by atoms with Crippen molar-refractivity contribution < 1.29 is 14.3 Å². The number of benzene rings is 1. The first kappa shape index (κ1) is 14.3. The summed E-state index contributed by atoms with van der Waals surface area (Å²) >= 11 is 1.31. The van der Waals surface area contributed by atoms with Gasteiger partial charge in [0.05, 0.1) is 7.11 Å². The summed E-state index contributed by atoms with van der Waals surface area (Å²) in [5, 5.41) is 11.5. The molecule has 0 unspecified atom stereocenters. The molecule has 0 saturated heterocycles. The number of anilines is 1. The van der Waals surface area contributed by atoms with Crippen LogP contribution in [0.1, 0.15) is 10.6 Å². The molecule has 0 aliphatic heterocycles. The van der Waals surface area contributed by atoms with Crippen molar-refractivity contribution in [1.29, 1.82) is 0 Å². The third-order valence-corrected chi connectivity index (χ3v) is 3.20. The second kappa shape index (κ2) is 6.33. The third kappa shape index (κ3) is 3.67. The lowest BCUT2D eigenvalue weighted by Crippen LogP contribution is -2.20. The number of carbonyl (C=O) groups is 1. The van der Waals surface area contributed by atoms with Crippen LogP contribution in [0.25, 0.3) is 0 Å². The Labute approximate surface area is 120 Å². The number of carbonyl (C=O) groups excluding carboxylic acids is 1. The molecule has 0 spiro atoms. The van der Waals surface area contributed by atoms with Crippen LogP contribution < -0.4 is 14.8 Å². The van der Waals surface area contributed by atoms with Gasteiger partial charge in [-0.15, -0.1) is 10.2 Å². The fourth-order valence-electron chi connectivity index (χ4n) is 1.54. The second-order valence-electron chi connectivity index (χ2n) is 4.12. The van der Waals surface area contributed by atoms with E-state index in [4.69, 9.17) is 9.47 Å². The lowest BCUT2D eigenvalue weighted by Gasteiger charge is -2.10. The molecule has 1 aromatic heterocycles. The fraction of sp³-hybridized carbons (Fsp3) is 0.308. The van der Waals surface area contributed by atoms with Gasteiger partial charge in [0.1, 0.15) is 5.01 Å². The summed E-state index contributed by atoms with van der Waals surface area (Å²) in [6.07, 6.45) is 0. The van der Waals surface area contributed by atoms with E-state index in [0.717, 1.165) is 10.6 Å². The third-order valence-electron chi connectivity index (χ3n) is 2.45. The number of hydrogen-bond acceptors (Lipinski definition) is 6. The maximum absolute atomic E-state index is 11.7. The molecule has 6 nitrogen and oxygen atoms in total. The minimum absolute atomic E-state index is 0.113. The van der Waals surface area contributed by atoms with Gasteiger partial charge in [0, 0.05) is 0 Å². The van der Waals surface area contributed by atoms with Gasteiger partial charge in [0.2, 0.25) is 5.13 Å². The molecule has 7 heteroatoms. The number of aromatic nitrogens is 2. The van der Waals surface area contributed by atoms with Crippen molar-refractivity contribution >= 4 is 22.4 Å². The number of rotatable bonds is 5. The van der Waals surface area contributed by atoms with E-state index in [-0.39, 0.29) is 12.5 Å². The Balaban J connectivity index is 1.93. The molecule has 0 bridgehead atoms. The molecule has 1 aromatic carbocycles. The summed E-state index contributed by atoms with van der Waals surface area (Å²) in [5.74, 6) is 0.843. The normalized spacial score (nSPS) is 10.2. The molecule has 0 atom stereocenters. The van der Waals surface area contributed by atoms with E-state index >= 15 is 0 Å². The van der Waals surface area contributed by atoms with Crippen LogP contribution in [0.3, 0.4) is 0 Å². The zero-order valence-corrected chi connectivity index (χ0v) is 12.3. The van der Waals surface area contributed by atoms with Gasteiger partial charge in [0.15, 0.2) is 18.1 Å². The Bertz CT molecular complexity index is 613. The monoisotopic (exact) mass is 293 g/mol. The van der Waals surface area contributed by atoms with Gasteiger partial charge in [-0.3, -0.25) is 10.1 Å². The molecule has 0 fully saturated rings. The summed E-state index contributed by atoms with van der Waals surface area (Å²) in [4.78, 5) is 11.7. The molecular formula is C13H15N3O3S. The van der Waals surface area contributed by atoms with Crippen molar-refractivity contribution in [3.05, 3.63) is 28.8 Å². The van der Waals surface area contributed by atoms with E-state index in [1.54, 1.807) is 13.2 Å². The van der Waals surface area contributed by atoms with Crippen molar-refractivity contribution in [2.24, 2.45) is 0 Å². The van der Waals surface area contributed by atoms with E-state index in [9.17, 15) is 4.79 Å². The van der Waals surface area contributed by atoms with Crippen LogP contribution in [0.4, 0.5) is 5.13 Å². The quantitative estimate of drug-likeness (QED) is 0.914. The van der Waals surface area contributed by atoms with Gasteiger partial charge in [-0.05, 0) is 31.5 Å². The standard InChI is InChI=1S/C13H15N3O3S/c1-8-4-5-10(11(6-8)18-3)19-7-12(17)14-13-16-15-9(2)20-13/h4-6H,7H2,1-3H3,(H,14,16,17). The SMILES string of the molecule is COc1cc(C)ccc1OCC(=O)Nc1nnc(C)s1. The first-order chi connectivity index (χ1) is 9.58. The van der Waals surface area contributed by atoms with Crippen LogP contribution >= 0.6 is 11.3 Å². The molecule has 106 valence electrons. The molecule has 1 N–H and O–H groups in total. The van der Waals surface area contributed by atoms with Gasteiger partial charge < -0.3 is 9.47 Å². The number of amides is 1. The number of aryl methyl sites for hydroxylation is 2. The van der Waals surface area contributed by atoms with Crippen molar-refractivity contribution in [2.45, 2.75) is 13.8 Å². The van der Waals surface area contributed by atoms with Crippen LogP contribution in [0.15, 0.2) is 18.2 Å². The number of methoxy groups -OCH3 is 1. The lowest BCUT2D eigenvalue weighted by atomic mass is 10.2. The summed E-state index contributed by atoms with van der Waals surface area (Å²) < 4.78 is 10.6. The molecule has 20 heavy (non-hydrogen) atoms. The van der Waals surface area contributed by atoms with Gasteiger partial charge >= 0.3 is 0 Å². The average Bonchev–Trinajstić information content (AvgIpc) is 2.82. The van der Waals surface area contributed by atoms with Crippen LogP contribution in [0.5, 0.6) is 11.5 Å². The maximum Gasteiger partial charge on any atom is 0.264 e. The summed E-state index contributed by atoms with van der Waals surface area (Å²) in [6, 6.07) is 5.52. The molecule has 1 amide bonds. The predicted octanol–water partition coefficient (Wildman–Crippen LogP) is 2.18. The Morgan fingerprint density at radius 3 is 2.75 bits per heavy atom. The smallest absolute Gasteiger partial charge is 0.264 e. The molecule has 1 heterocycles. The van der Waals surface area contributed by atoms with Crippen molar-refractivity contribution in [3.8, 4) is 11.5 Å². The van der Waals surface area contributed by atoms with Gasteiger partial charge in [-0.25, -0.2) is 0 Å². The summed E-state index contributed by atoms with van der Waals surface area (Å²) in [5.41, 5.74) is 1.06. The minimum atomic E-state index is -0.288. The number of nitrogens with zero attached hydrogens (tertiary/aromatic N) is 2. The molecule has 0 saturated carbocycles. The van der Waals surface area contributed by atoms with Gasteiger partial charge in [-0.1, -0.05) is 17.4 Å². The molecule has 0 radical (unpaired) electrons. The summed E-state index contributed by atoms with van der Waals surface area (Å²) in [7, 11) is 1.56. The van der Waals surface area contributed by atoms with E-state index in [1.807, 2.05) is 26.0 Å². The van der Waals surface area contributed by atoms with Crippen molar-refractivity contribution in [1.82, 2.24) is 10.2 Å². The van der Waals surface area contributed by atoms with Gasteiger partial charge in [0.25, 0.3) is 5.91 Å². The Kier molecular flexibility index (Phi) is 4.52. The average molecular weight is 293 g/mol. The molecule has 0 aliphatic carbocycles. The fourth-order valence-corrected chi connectivity index (χ4v) is 2.15. The van der Waals surface area contributed by atoms with Crippen molar-refractivity contribution in [3.63, 3.8) is 0 Å². The van der Waals surface area contributed by atoms with Crippen LogP contribution in [-0.4, -0.2) is 29.8 Å². The van der Waals surface area contributed by atoms with Crippen LogP contribution in [0, 0.1) is 13.8 Å². The molecule has 2 rings (SSSR count). The highest BCUT2D eigenvalue weighted by molar-refractivity contribution is 7.15. The van der Waals surface area contributed by atoms with E-state index in [2.05, 4.69) is 15.5 Å². The number of ether oxygens (including phenoxy) is 2. The molecule has 0 aliphatic rings. The molecular weight excluding hydrogens is 278 g/mol. The largest absolute Gasteiger partial charge is 0.493 e. The van der Waals surface area contributed by atoms with Gasteiger partial charge in [-0.2, -0.15) is 0 Å². The highest BCUT2D eigenvalue weighted by Gasteiger charge is 2.09. The number of nitrogens with one attached hydrogen (secondary N) is 1. The highest BCUT2D eigenvalue weighted by Crippen LogP contribution is 2.27. The Hall–Kier alpha value is -2.15. The molecule has 2 aromatic rings. The minimum Gasteiger partial charge on any atom is -0.493 e. The van der Waals surface area contributed by atoms with E-state index in [0.29, 0.717) is 16.6 Å². The number of hydrogen-bond donors (Lipinski definition) is 1. The highest BCUT2D eigenvalue weighted by atomic mass is 32.1. The van der Waals surface area contributed by atoms with Crippen molar-refractivity contribution in [2.75, 3.05) is 19.0 Å². The summed E-state index contributed by atoms with van der Waals surface area (Å²) in [6.45, 7) is 3.66. The Morgan fingerprint density at radius 1 is 1.30 bits per heavy atom. The van der Waals surface area contributed by atoms with Crippen LogP contribution in [-0.2, 0) is 4.79 Å². The zero-order chi connectivity index (χ0) is 14.5. The first-order valence-electron chi connectivity index (χ1n) is 5.96. The second-order valence-corrected chi connectivity index (χ2v) is 5.30. The first-order valence-corrected chi connectivity index (χ1v) is 6.77. The Morgan fingerprint density at radius 2 is 2.10 bits per heavy atom. The van der Waals surface area contributed by atoms with E-state index < -0.39 is 0 Å². The zero-order valence-electron chi connectivity index (χ0n) is 11.5. The topological polar surface area (TPSA) is 73.3 Å². The maximum atomic E-state index is 11.7.